The Morgan fingerprint density at radius 1 is 1.50 bits per heavy atom. The third-order valence-corrected chi connectivity index (χ3v) is 3.24. The fourth-order valence-electron chi connectivity index (χ4n) is 1.82. The van der Waals surface area contributed by atoms with Crippen molar-refractivity contribution >= 4 is 21.8 Å². The fourth-order valence-corrected chi connectivity index (χ4v) is 2.47. The van der Waals surface area contributed by atoms with Crippen molar-refractivity contribution in [1.82, 2.24) is 4.90 Å². The highest BCUT2D eigenvalue weighted by atomic mass is 79.9. The molecule has 1 atom stereocenters. The first-order valence-corrected chi connectivity index (χ1v) is 7.02. The van der Waals surface area contributed by atoms with Gasteiger partial charge in [0.1, 0.15) is 6.61 Å². The van der Waals surface area contributed by atoms with E-state index in [-0.39, 0.29) is 18.1 Å². The molecule has 94 valence electrons. The third-order valence-electron chi connectivity index (χ3n) is 2.78. The van der Waals surface area contributed by atoms with Crippen LogP contribution >= 0.6 is 15.9 Å². The van der Waals surface area contributed by atoms with Crippen LogP contribution in [0.2, 0.25) is 0 Å². The molecule has 1 unspecified atom stereocenters. The van der Waals surface area contributed by atoms with Crippen LogP contribution in [0.5, 0.6) is 0 Å². The maximum Gasteiger partial charge on any atom is 0.248 e. The molecule has 16 heavy (non-hydrogen) atoms. The number of carbonyl (C=O) groups excluding carboxylic acids is 1. The molecule has 0 aromatic heterocycles. The summed E-state index contributed by atoms with van der Waals surface area (Å²) in [5.74, 6) is 0.796. The molecule has 1 saturated heterocycles. The number of nitrogens with zero attached hydrogens (tertiary/aromatic N) is 1. The molecule has 0 aromatic rings. The summed E-state index contributed by atoms with van der Waals surface area (Å²) in [5, 5.41) is 1.03. The molecular formula is C12H22BrNO2. The van der Waals surface area contributed by atoms with Crippen LogP contribution in [0, 0.1) is 5.92 Å². The van der Waals surface area contributed by atoms with Gasteiger partial charge in [-0.15, -0.1) is 0 Å². The van der Waals surface area contributed by atoms with Gasteiger partial charge in [-0.1, -0.05) is 15.9 Å². The van der Waals surface area contributed by atoms with Gasteiger partial charge in [-0.05, 0) is 39.5 Å². The molecule has 0 bridgehead atoms. The number of rotatable bonds is 4. The highest BCUT2D eigenvalue weighted by molar-refractivity contribution is 9.09. The number of ether oxygens (including phenoxy) is 1. The quantitative estimate of drug-likeness (QED) is 0.745. The monoisotopic (exact) mass is 291 g/mol. The molecule has 0 radical (unpaired) electrons. The second-order valence-corrected chi connectivity index (χ2v) is 6.17. The predicted octanol–water partition coefficient (Wildman–Crippen LogP) is 2.44. The van der Waals surface area contributed by atoms with Crippen molar-refractivity contribution in [2.45, 2.75) is 39.2 Å². The minimum Gasteiger partial charge on any atom is -0.366 e. The molecule has 1 rings (SSSR count). The molecule has 1 amide bonds. The predicted molar refractivity (Wildman–Crippen MR) is 68.8 cm³/mol. The van der Waals surface area contributed by atoms with Gasteiger partial charge < -0.3 is 9.64 Å². The zero-order valence-electron chi connectivity index (χ0n) is 10.5. The summed E-state index contributed by atoms with van der Waals surface area (Å²) in [7, 11) is 0. The maximum absolute atomic E-state index is 11.8. The lowest BCUT2D eigenvalue weighted by molar-refractivity contribution is -0.140. The van der Waals surface area contributed by atoms with Crippen molar-refractivity contribution in [3.05, 3.63) is 0 Å². The lowest BCUT2D eigenvalue weighted by atomic mass is 10.1. The van der Waals surface area contributed by atoms with Gasteiger partial charge in [0, 0.05) is 18.4 Å². The molecule has 1 heterocycles. The Morgan fingerprint density at radius 2 is 2.19 bits per heavy atom. The number of alkyl halides is 1. The zero-order chi connectivity index (χ0) is 12.2. The molecule has 1 aliphatic heterocycles. The van der Waals surface area contributed by atoms with Crippen LogP contribution in [0.4, 0.5) is 0 Å². The van der Waals surface area contributed by atoms with E-state index in [0.29, 0.717) is 5.92 Å². The smallest absolute Gasteiger partial charge is 0.248 e. The van der Waals surface area contributed by atoms with E-state index in [9.17, 15) is 4.79 Å². The minimum absolute atomic E-state index is 0.131. The number of likely N-dealkylation sites (tertiary alicyclic amines) is 1. The Kier molecular flexibility index (Phi) is 5.25. The lowest BCUT2D eigenvalue weighted by Crippen LogP contribution is -2.35. The molecule has 0 N–H and O–H groups in total. The minimum atomic E-state index is -0.232. The van der Waals surface area contributed by atoms with Crippen molar-refractivity contribution in [2.24, 2.45) is 5.92 Å². The lowest BCUT2D eigenvalue weighted by Gasteiger charge is -2.22. The van der Waals surface area contributed by atoms with Gasteiger partial charge in [0.05, 0.1) is 5.60 Å². The molecule has 1 aliphatic rings. The summed E-state index contributed by atoms with van der Waals surface area (Å²) in [6.07, 6.45) is 2.29. The summed E-state index contributed by atoms with van der Waals surface area (Å²) in [5.41, 5.74) is -0.232. The highest BCUT2D eigenvalue weighted by Crippen LogP contribution is 2.20. The maximum atomic E-state index is 11.8. The molecule has 1 fully saturated rings. The SMILES string of the molecule is CC(C)(C)OCC(=O)N1CCC(CCBr)C1. The Bertz CT molecular complexity index is 238. The summed E-state index contributed by atoms with van der Waals surface area (Å²) in [6.45, 7) is 7.92. The number of carbonyl (C=O) groups is 1. The van der Waals surface area contributed by atoms with E-state index < -0.39 is 0 Å². The third kappa shape index (κ3) is 4.83. The van der Waals surface area contributed by atoms with Gasteiger partial charge in [0.25, 0.3) is 0 Å². The van der Waals surface area contributed by atoms with Crippen molar-refractivity contribution < 1.29 is 9.53 Å². The van der Waals surface area contributed by atoms with Crippen LogP contribution in [0.25, 0.3) is 0 Å². The Balaban J connectivity index is 2.28. The second-order valence-electron chi connectivity index (χ2n) is 5.37. The van der Waals surface area contributed by atoms with Gasteiger partial charge in [0.15, 0.2) is 0 Å². The van der Waals surface area contributed by atoms with Crippen molar-refractivity contribution in [3.63, 3.8) is 0 Å². The Morgan fingerprint density at radius 3 is 2.75 bits per heavy atom. The van der Waals surface area contributed by atoms with E-state index in [1.54, 1.807) is 0 Å². The van der Waals surface area contributed by atoms with Crippen LogP contribution < -0.4 is 0 Å². The first-order chi connectivity index (χ1) is 7.42. The van der Waals surface area contributed by atoms with Crippen molar-refractivity contribution in [1.29, 1.82) is 0 Å². The van der Waals surface area contributed by atoms with E-state index in [1.165, 1.54) is 0 Å². The van der Waals surface area contributed by atoms with Crippen LogP contribution in [-0.2, 0) is 9.53 Å². The molecule has 4 heteroatoms. The van der Waals surface area contributed by atoms with E-state index in [4.69, 9.17) is 4.74 Å². The van der Waals surface area contributed by atoms with Gasteiger partial charge in [-0.3, -0.25) is 4.79 Å². The van der Waals surface area contributed by atoms with Gasteiger partial charge in [0.2, 0.25) is 5.91 Å². The second kappa shape index (κ2) is 6.01. The molecule has 0 aromatic carbocycles. The molecule has 3 nitrogen and oxygen atoms in total. The summed E-state index contributed by atoms with van der Waals surface area (Å²) < 4.78 is 5.50. The van der Waals surface area contributed by atoms with Gasteiger partial charge in [-0.2, -0.15) is 0 Å². The van der Waals surface area contributed by atoms with E-state index >= 15 is 0 Å². The molecular weight excluding hydrogens is 270 g/mol. The normalized spacial score (nSPS) is 21.5. The van der Waals surface area contributed by atoms with Crippen LogP contribution in [0.15, 0.2) is 0 Å². The number of amides is 1. The highest BCUT2D eigenvalue weighted by Gasteiger charge is 2.26. The molecule has 0 saturated carbocycles. The first-order valence-electron chi connectivity index (χ1n) is 5.90. The topological polar surface area (TPSA) is 29.5 Å². The first kappa shape index (κ1) is 14.0. The Labute approximate surface area is 107 Å². The van der Waals surface area contributed by atoms with Crippen molar-refractivity contribution in [3.8, 4) is 0 Å². The average molecular weight is 292 g/mol. The molecule has 0 aliphatic carbocycles. The largest absolute Gasteiger partial charge is 0.366 e. The summed E-state index contributed by atoms with van der Waals surface area (Å²) in [4.78, 5) is 13.8. The van der Waals surface area contributed by atoms with E-state index in [0.717, 1.165) is 31.3 Å². The van der Waals surface area contributed by atoms with Gasteiger partial charge >= 0.3 is 0 Å². The zero-order valence-corrected chi connectivity index (χ0v) is 12.0. The fraction of sp³-hybridized carbons (Fsp3) is 0.917. The number of hydrogen-bond donors (Lipinski definition) is 0. The van der Waals surface area contributed by atoms with Crippen LogP contribution in [-0.4, -0.2) is 41.4 Å². The van der Waals surface area contributed by atoms with Crippen molar-refractivity contribution in [2.75, 3.05) is 25.0 Å². The Hall–Kier alpha value is -0.0900. The van der Waals surface area contributed by atoms with E-state index in [1.807, 2.05) is 25.7 Å². The standard InChI is InChI=1S/C12H22BrNO2/c1-12(2,3)16-9-11(15)14-7-5-10(8-14)4-6-13/h10H,4-9H2,1-3H3. The number of hydrogen-bond acceptors (Lipinski definition) is 2. The summed E-state index contributed by atoms with van der Waals surface area (Å²) in [6, 6.07) is 0. The van der Waals surface area contributed by atoms with Crippen LogP contribution in [0.1, 0.15) is 33.6 Å². The average Bonchev–Trinajstić information content (AvgIpc) is 2.62. The number of halogens is 1. The van der Waals surface area contributed by atoms with Gasteiger partial charge in [-0.25, -0.2) is 0 Å². The summed E-state index contributed by atoms with van der Waals surface area (Å²) >= 11 is 3.45. The van der Waals surface area contributed by atoms with E-state index in [2.05, 4.69) is 15.9 Å². The molecule has 0 spiro atoms. The van der Waals surface area contributed by atoms with Crippen LogP contribution in [0.3, 0.4) is 0 Å².